The number of hydrogen-bond donors (Lipinski definition) is 1. The fourth-order valence-corrected chi connectivity index (χ4v) is 8.54. The number of aliphatic hydroxyl groups excluding tert-OH is 1. The van der Waals surface area contributed by atoms with Crippen LogP contribution in [0.25, 0.3) is 70.4 Å². The summed E-state index contributed by atoms with van der Waals surface area (Å²) < 4.78 is 2.51. The maximum Gasteiger partial charge on any atom is 0.164 e. The number of thiophene rings is 1. The fourth-order valence-electron chi connectivity index (χ4n) is 7.25. The van der Waals surface area contributed by atoms with Gasteiger partial charge in [0.15, 0.2) is 17.5 Å². The quantitative estimate of drug-likeness (QED) is 0.113. The van der Waals surface area contributed by atoms with E-state index in [0.717, 1.165) is 16.7 Å². The normalized spacial score (nSPS) is 13.3. The van der Waals surface area contributed by atoms with Crippen LogP contribution in [0.1, 0.15) is 31.7 Å². The molecule has 1 atom stereocenters. The van der Waals surface area contributed by atoms with Gasteiger partial charge in [-0.2, -0.15) is 0 Å². The summed E-state index contributed by atoms with van der Waals surface area (Å²) in [5, 5.41) is 15.2. The van der Waals surface area contributed by atoms with Crippen LogP contribution in [0, 0.1) is 0 Å². The first-order chi connectivity index (χ1) is 26.4. The number of hydrogen-bond acceptors (Lipinski definition) is 5. The Hall–Kier alpha value is -6.43. The first-order valence-electron chi connectivity index (χ1n) is 18.1. The van der Waals surface area contributed by atoms with E-state index in [1.54, 1.807) is 6.08 Å². The second-order valence-corrected chi connectivity index (χ2v) is 14.8. The lowest BCUT2D eigenvalue weighted by Gasteiger charge is -2.29. The van der Waals surface area contributed by atoms with Crippen LogP contribution in [0.15, 0.2) is 182 Å². The van der Waals surface area contributed by atoms with Gasteiger partial charge in [-0.3, -0.25) is 0 Å². The smallest absolute Gasteiger partial charge is 0.164 e. The van der Waals surface area contributed by atoms with E-state index < -0.39 is 5.41 Å². The summed E-state index contributed by atoms with van der Waals surface area (Å²) in [5.41, 5.74) is 5.95. The van der Waals surface area contributed by atoms with Gasteiger partial charge in [0, 0.05) is 42.3 Å². The van der Waals surface area contributed by atoms with Crippen LogP contribution < -0.4 is 0 Å². The monoisotopic (exact) mass is 717 g/mol. The van der Waals surface area contributed by atoms with Crippen LogP contribution in [0.5, 0.6) is 0 Å². The summed E-state index contributed by atoms with van der Waals surface area (Å²) in [6, 6.07) is 48.2. The lowest BCUT2D eigenvalue weighted by Crippen LogP contribution is -2.19. The Morgan fingerprint density at radius 1 is 0.685 bits per heavy atom. The van der Waals surface area contributed by atoms with Crippen LogP contribution in [-0.2, 0) is 5.41 Å². The molecule has 262 valence electrons. The number of fused-ring (bicyclic) bond motifs is 4. The van der Waals surface area contributed by atoms with Crippen molar-refractivity contribution in [1.29, 1.82) is 0 Å². The zero-order chi connectivity index (χ0) is 37.1. The molecule has 5 heteroatoms. The van der Waals surface area contributed by atoms with E-state index in [-0.39, 0.29) is 5.76 Å². The topological polar surface area (TPSA) is 58.9 Å². The number of benzene rings is 6. The molecule has 0 saturated heterocycles. The second kappa shape index (κ2) is 14.9. The van der Waals surface area contributed by atoms with Gasteiger partial charge in [-0.1, -0.05) is 171 Å². The highest BCUT2D eigenvalue weighted by Gasteiger charge is 2.30. The highest BCUT2D eigenvalue weighted by atomic mass is 32.1. The lowest BCUT2D eigenvalue weighted by molar-refractivity contribution is 0.433. The molecule has 6 aromatic carbocycles. The molecule has 2 heterocycles. The molecular formula is C49H39N3OS. The predicted molar refractivity (Wildman–Crippen MR) is 229 cm³/mol. The Kier molecular flexibility index (Phi) is 9.56. The number of nitrogens with zero attached hydrogens (tertiary/aromatic N) is 3. The Bertz CT molecular complexity index is 2670. The average Bonchev–Trinajstić information content (AvgIpc) is 3.60. The maximum absolute atomic E-state index is 10.4. The minimum atomic E-state index is -0.519. The Balaban J connectivity index is 1.25. The first kappa shape index (κ1) is 34.6. The fraction of sp³-hybridized carbons (Fsp3) is 0.0816. The van der Waals surface area contributed by atoms with Gasteiger partial charge < -0.3 is 5.11 Å². The van der Waals surface area contributed by atoms with Crippen LogP contribution >= 0.6 is 11.3 Å². The molecule has 8 rings (SSSR count). The molecule has 0 aliphatic rings. The third-order valence-electron chi connectivity index (χ3n) is 9.89. The molecule has 0 fully saturated rings. The molecule has 0 aliphatic carbocycles. The van der Waals surface area contributed by atoms with Crippen LogP contribution in [0.2, 0.25) is 0 Å². The van der Waals surface area contributed by atoms with Crippen LogP contribution in [0.3, 0.4) is 0 Å². The summed E-state index contributed by atoms with van der Waals surface area (Å²) >= 11 is 1.84. The minimum Gasteiger partial charge on any atom is -0.509 e. The Labute approximate surface area is 319 Å². The van der Waals surface area contributed by atoms with Gasteiger partial charge in [0.2, 0.25) is 0 Å². The van der Waals surface area contributed by atoms with Crippen LogP contribution in [0.4, 0.5) is 0 Å². The van der Waals surface area contributed by atoms with Crippen molar-refractivity contribution >= 4 is 47.9 Å². The maximum atomic E-state index is 10.4. The van der Waals surface area contributed by atoms with Crippen LogP contribution in [-0.4, -0.2) is 20.1 Å². The largest absolute Gasteiger partial charge is 0.509 e. The molecule has 0 aliphatic heterocycles. The Morgan fingerprint density at radius 3 is 1.83 bits per heavy atom. The van der Waals surface area contributed by atoms with E-state index in [1.807, 2.05) is 78.9 Å². The predicted octanol–water partition coefficient (Wildman–Crippen LogP) is 13.3. The summed E-state index contributed by atoms with van der Waals surface area (Å²) in [4.78, 5) is 14.7. The zero-order valence-electron chi connectivity index (χ0n) is 30.3. The van der Waals surface area contributed by atoms with Crippen molar-refractivity contribution in [1.82, 2.24) is 15.0 Å². The van der Waals surface area contributed by atoms with E-state index in [4.69, 9.17) is 15.0 Å². The van der Waals surface area contributed by atoms with Crippen molar-refractivity contribution in [3.63, 3.8) is 0 Å². The van der Waals surface area contributed by atoms with Crippen molar-refractivity contribution in [2.24, 2.45) is 0 Å². The van der Waals surface area contributed by atoms with Gasteiger partial charge >= 0.3 is 0 Å². The molecule has 8 aromatic rings. The molecule has 0 bridgehead atoms. The van der Waals surface area contributed by atoms with Gasteiger partial charge in [-0.05, 0) is 53.0 Å². The number of allylic oxidation sites excluding steroid dienone is 6. The molecule has 1 unspecified atom stereocenters. The molecule has 0 spiro atoms. The third-order valence-corrected chi connectivity index (χ3v) is 11.1. The molecule has 0 radical (unpaired) electrons. The van der Waals surface area contributed by atoms with E-state index in [9.17, 15) is 5.11 Å². The van der Waals surface area contributed by atoms with E-state index in [2.05, 4.69) is 117 Å². The summed E-state index contributed by atoms with van der Waals surface area (Å²) in [6.45, 7) is 8.10. The molecule has 2 aromatic heterocycles. The highest BCUT2D eigenvalue weighted by Crippen LogP contribution is 2.50. The molecule has 0 amide bonds. The SMILES string of the molecule is C=C(O)/C=C\C(C)(C/C=C\C=C(/C)c1nc(-c2ccccc2)nc(-c2ccccc2)n1)c1c2ccccc2c(-c2ccccc2)c2sc3ccccc3c12. The van der Waals surface area contributed by atoms with E-state index in [0.29, 0.717) is 23.9 Å². The molecule has 1 N–H and O–H groups in total. The van der Waals surface area contributed by atoms with E-state index >= 15 is 0 Å². The third kappa shape index (κ3) is 6.78. The van der Waals surface area contributed by atoms with Gasteiger partial charge in [0.1, 0.15) is 5.76 Å². The van der Waals surface area contributed by atoms with E-state index in [1.165, 1.54) is 47.6 Å². The van der Waals surface area contributed by atoms with Gasteiger partial charge in [-0.25, -0.2) is 15.0 Å². The summed E-state index contributed by atoms with van der Waals surface area (Å²) in [7, 11) is 0. The van der Waals surface area contributed by atoms with Crippen molar-refractivity contribution < 1.29 is 5.11 Å². The molecule has 54 heavy (non-hydrogen) atoms. The standard InChI is InChI=1S/C49H39N3OS/c1-33(46-50-47(36-22-9-5-10-23-36)52-48(51-46)37-24-11-6-12-25-37)19-17-18-31-49(3,32-30-34(2)53)44-39-27-14-13-26-38(39)42(35-20-7-4-8-21-35)45-43(44)40-28-15-16-29-41(40)54-45/h4-30,32,53H,2,31H2,1,3H3/b18-17-,32-30-,33-19+. The van der Waals surface area contributed by atoms with Crippen molar-refractivity contribution in [3.8, 4) is 33.9 Å². The van der Waals surface area contributed by atoms with Gasteiger partial charge in [-0.15, -0.1) is 11.3 Å². The summed E-state index contributed by atoms with van der Waals surface area (Å²) in [5.74, 6) is 1.92. The molecular weight excluding hydrogens is 679 g/mol. The van der Waals surface area contributed by atoms with Crippen molar-refractivity contribution in [2.45, 2.75) is 25.7 Å². The minimum absolute atomic E-state index is 0.0239. The second-order valence-electron chi connectivity index (χ2n) is 13.7. The summed E-state index contributed by atoms with van der Waals surface area (Å²) in [6.07, 6.45) is 10.9. The number of aliphatic hydroxyl groups is 1. The molecule has 4 nitrogen and oxygen atoms in total. The lowest BCUT2D eigenvalue weighted by atomic mass is 9.73. The Morgan fingerprint density at radius 2 is 1.22 bits per heavy atom. The van der Waals surface area contributed by atoms with Crippen molar-refractivity contribution in [2.75, 3.05) is 0 Å². The average molecular weight is 718 g/mol. The highest BCUT2D eigenvalue weighted by molar-refractivity contribution is 7.26. The first-order valence-corrected chi connectivity index (χ1v) is 18.9. The number of rotatable bonds is 10. The number of aromatic nitrogens is 3. The van der Waals surface area contributed by atoms with Gasteiger partial charge in [0.05, 0.1) is 0 Å². The molecule has 0 saturated carbocycles. The van der Waals surface area contributed by atoms with Gasteiger partial charge in [0.25, 0.3) is 0 Å². The zero-order valence-corrected chi connectivity index (χ0v) is 31.1. The van der Waals surface area contributed by atoms with Crippen molar-refractivity contribution in [3.05, 3.63) is 194 Å².